The van der Waals surface area contributed by atoms with Crippen LogP contribution >= 0.6 is 7.60 Å². The summed E-state index contributed by atoms with van der Waals surface area (Å²) in [6.45, 7) is 6.52. The Kier molecular flexibility index (Phi) is 7.63. The molecule has 158 valence electrons. The van der Waals surface area contributed by atoms with Crippen molar-refractivity contribution in [3.05, 3.63) is 77.2 Å². The first-order chi connectivity index (χ1) is 14.5. The number of hydrogen-bond acceptors (Lipinski definition) is 6. The maximum absolute atomic E-state index is 13.3. The van der Waals surface area contributed by atoms with Gasteiger partial charge in [0.1, 0.15) is 0 Å². The zero-order valence-electron chi connectivity index (χ0n) is 17.5. The molecular formula is C23H27N2O4P. The molecule has 0 saturated heterocycles. The van der Waals surface area contributed by atoms with Gasteiger partial charge < -0.3 is 18.8 Å². The summed E-state index contributed by atoms with van der Waals surface area (Å²) < 4.78 is 30.2. The van der Waals surface area contributed by atoms with Gasteiger partial charge in [-0.05, 0) is 38.0 Å². The summed E-state index contributed by atoms with van der Waals surface area (Å²) in [5.74, 6) is 0.605. The number of oxazole rings is 1. The Hall–Kier alpha value is -2.66. The monoisotopic (exact) mass is 426 g/mol. The Labute approximate surface area is 177 Å². The van der Waals surface area contributed by atoms with Gasteiger partial charge in [0.25, 0.3) is 0 Å². The Morgan fingerprint density at radius 2 is 1.67 bits per heavy atom. The molecule has 30 heavy (non-hydrogen) atoms. The summed E-state index contributed by atoms with van der Waals surface area (Å²) in [6.07, 6.45) is 3.61. The lowest BCUT2D eigenvalue weighted by Gasteiger charge is -2.15. The van der Waals surface area contributed by atoms with Gasteiger partial charge in [-0.25, -0.2) is 0 Å². The fraction of sp³-hybridized carbons (Fsp3) is 0.261. The van der Waals surface area contributed by atoms with Crippen molar-refractivity contribution in [1.29, 1.82) is 0 Å². The minimum atomic E-state index is -3.61. The largest absolute Gasteiger partial charge is 0.420 e. The molecule has 6 nitrogen and oxygen atoms in total. The first-order valence-electron chi connectivity index (χ1n) is 9.97. The SMILES string of the molecule is CCOP(=O)(OCC)c1nc(/C=C/c2ccccc2)oc1NCc1ccc(C)cc1. The van der Waals surface area contributed by atoms with Crippen molar-refractivity contribution in [3.8, 4) is 0 Å². The van der Waals surface area contributed by atoms with Crippen LogP contribution in [0.25, 0.3) is 12.2 Å². The van der Waals surface area contributed by atoms with E-state index in [0.29, 0.717) is 12.4 Å². The van der Waals surface area contributed by atoms with Gasteiger partial charge in [-0.2, -0.15) is 4.98 Å². The first kappa shape index (κ1) is 22.0. The molecule has 3 aromatic rings. The zero-order valence-corrected chi connectivity index (χ0v) is 18.4. The average Bonchev–Trinajstić information content (AvgIpc) is 3.17. The highest BCUT2D eigenvalue weighted by Gasteiger charge is 2.35. The van der Waals surface area contributed by atoms with Crippen molar-refractivity contribution in [2.75, 3.05) is 18.5 Å². The molecule has 0 aliphatic carbocycles. The van der Waals surface area contributed by atoms with E-state index in [2.05, 4.69) is 10.3 Å². The molecule has 0 radical (unpaired) electrons. The van der Waals surface area contributed by atoms with E-state index in [-0.39, 0.29) is 24.5 Å². The van der Waals surface area contributed by atoms with Gasteiger partial charge in [0.05, 0.1) is 13.2 Å². The van der Waals surface area contributed by atoms with E-state index in [4.69, 9.17) is 13.5 Å². The molecular weight excluding hydrogens is 399 g/mol. The molecule has 0 spiro atoms. The van der Waals surface area contributed by atoms with Gasteiger partial charge in [-0.3, -0.25) is 4.57 Å². The number of hydrogen-bond donors (Lipinski definition) is 1. The van der Waals surface area contributed by atoms with Gasteiger partial charge in [0, 0.05) is 12.6 Å². The van der Waals surface area contributed by atoms with Crippen LogP contribution in [0.4, 0.5) is 5.88 Å². The predicted octanol–water partition coefficient (Wildman–Crippen LogP) is 5.66. The van der Waals surface area contributed by atoms with Crippen LogP contribution in [-0.4, -0.2) is 18.2 Å². The normalized spacial score (nSPS) is 11.8. The standard InChI is InChI=1S/C23H27N2O4P/c1-4-27-30(26,28-5-2)23-22(24-17-20-13-11-18(3)12-14-20)29-21(25-23)16-15-19-9-7-6-8-10-19/h6-16,24H,4-5,17H2,1-3H3/b16-15+. The molecule has 7 heteroatoms. The second-order valence-corrected chi connectivity index (χ2v) is 8.56. The smallest absolute Gasteiger partial charge is 0.385 e. The number of benzene rings is 2. The van der Waals surface area contributed by atoms with Gasteiger partial charge in [0.2, 0.25) is 17.2 Å². The molecule has 0 unspecified atom stereocenters. The lowest BCUT2D eigenvalue weighted by atomic mass is 10.1. The molecule has 2 aromatic carbocycles. The van der Waals surface area contributed by atoms with Gasteiger partial charge in [-0.1, -0.05) is 60.2 Å². The number of anilines is 1. The van der Waals surface area contributed by atoms with Crippen molar-refractivity contribution >= 4 is 31.1 Å². The van der Waals surface area contributed by atoms with Crippen molar-refractivity contribution in [2.24, 2.45) is 0 Å². The molecule has 0 atom stereocenters. The highest BCUT2D eigenvalue weighted by atomic mass is 31.2. The van der Waals surface area contributed by atoms with E-state index < -0.39 is 7.60 Å². The first-order valence-corrected chi connectivity index (χ1v) is 11.5. The van der Waals surface area contributed by atoms with Crippen molar-refractivity contribution in [1.82, 2.24) is 4.98 Å². The van der Waals surface area contributed by atoms with Crippen LogP contribution in [0, 0.1) is 6.92 Å². The maximum atomic E-state index is 13.3. The van der Waals surface area contributed by atoms with Gasteiger partial charge in [0.15, 0.2) is 0 Å². The summed E-state index contributed by atoms with van der Waals surface area (Å²) in [6, 6.07) is 17.9. The summed E-state index contributed by atoms with van der Waals surface area (Å²) in [5, 5.41) is 3.19. The van der Waals surface area contributed by atoms with E-state index in [9.17, 15) is 4.57 Å². The van der Waals surface area contributed by atoms with E-state index in [1.54, 1.807) is 19.9 Å². The lowest BCUT2D eigenvalue weighted by molar-refractivity contribution is 0.229. The van der Waals surface area contributed by atoms with Crippen LogP contribution in [0.3, 0.4) is 0 Å². The number of aromatic nitrogens is 1. The molecule has 1 heterocycles. The van der Waals surface area contributed by atoms with Crippen molar-refractivity contribution < 1.29 is 18.0 Å². The molecule has 1 aromatic heterocycles. The Morgan fingerprint density at radius 3 is 2.30 bits per heavy atom. The van der Waals surface area contributed by atoms with Crippen LogP contribution in [-0.2, 0) is 20.2 Å². The van der Waals surface area contributed by atoms with Crippen LogP contribution in [0.15, 0.2) is 59.0 Å². The molecule has 1 N–H and O–H groups in total. The minimum Gasteiger partial charge on any atom is -0.420 e. The number of nitrogens with zero attached hydrogens (tertiary/aromatic N) is 1. The third kappa shape index (κ3) is 5.70. The summed E-state index contributed by atoms with van der Waals surface area (Å²) in [5.41, 5.74) is 3.41. The fourth-order valence-corrected chi connectivity index (χ4v) is 4.41. The fourth-order valence-electron chi connectivity index (χ4n) is 2.82. The van der Waals surface area contributed by atoms with E-state index >= 15 is 0 Å². The second kappa shape index (κ2) is 10.4. The Balaban J connectivity index is 1.90. The highest BCUT2D eigenvalue weighted by Crippen LogP contribution is 2.48. The van der Waals surface area contributed by atoms with Crippen LogP contribution in [0.2, 0.25) is 0 Å². The summed E-state index contributed by atoms with van der Waals surface area (Å²) in [4.78, 5) is 4.43. The molecule has 0 saturated carbocycles. The maximum Gasteiger partial charge on any atom is 0.385 e. The number of nitrogens with one attached hydrogen (secondary N) is 1. The highest BCUT2D eigenvalue weighted by molar-refractivity contribution is 7.62. The third-order valence-electron chi connectivity index (χ3n) is 4.27. The predicted molar refractivity (Wildman–Crippen MR) is 121 cm³/mol. The molecule has 0 amide bonds. The minimum absolute atomic E-state index is 0.158. The molecule has 0 aliphatic rings. The molecule has 3 rings (SSSR count). The summed E-state index contributed by atoms with van der Waals surface area (Å²) >= 11 is 0. The molecule has 0 aliphatic heterocycles. The second-order valence-electron chi connectivity index (χ2n) is 6.62. The van der Waals surface area contributed by atoms with Crippen LogP contribution in [0.5, 0.6) is 0 Å². The van der Waals surface area contributed by atoms with Crippen LogP contribution < -0.4 is 10.8 Å². The molecule has 0 fully saturated rings. The lowest BCUT2D eigenvalue weighted by Crippen LogP contribution is -2.16. The Morgan fingerprint density at radius 1 is 1.00 bits per heavy atom. The quantitative estimate of drug-likeness (QED) is 0.422. The van der Waals surface area contributed by atoms with Gasteiger partial charge in [-0.15, -0.1) is 0 Å². The zero-order chi connectivity index (χ0) is 21.4. The average molecular weight is 426 g/mol. The van der Waals surface area contributed by atoms with Gasteiger partial charge >= 0.3 is 7.60 Å². The number of rotatable bonds is 10. The third-order valence-corrected chi connectivity index (χ3v) is 6.29. The van der Waals surface area contributed by atoms with E-state index in [0.717, 1.165) is 11.1 Å². The molecule has 0 bridgehead atoms. The van der Waals surface area contributed by atoms with Crippen molar-refractivity contribution in [3.63, 3.8) is 0 Å². The van der Waals surface area contributed by atoms with E-state index in [1.165, 1.54) is 5.56 Å². The van der Waals surface area contributed by atoms with E-state index in [1.807, 2.05) is 67.6 Å². The Bertz CT molecular complexity index is 1000. The van der Waals surface area contributed by atoms with Crippen LogP contribution in [0.1, 0.15) is 36.4 Å². The number of aryl methyl sites for hydroxylation is 1. The topological polar surface area (TPSA) is 73.6 Å². The summed E-state index contributed by atoms with van der Waals surface area (Å²) in [7, 11) is -3.61. The van der Waals surface area contributed by atoms with Crippen molar-refractivity contribution in [2.45, 2.75) is 27.3 Å².